The van der Waals surface area contributed by atoms with E-state index >= 15 is 0 Å². The molecule has 4 rings (SSSR count). The first kappa shape index (κ1) is 18.4. The van der Waals surface area contributed by atoms with E-state index in [1.54, 1.807) is 6.92 Å². The summed E-state index contributed by atoms with van der Waals surface area (Å²) in [6.07, 6.45) is 2.61. The Bertz CT molecular complexity index is 1090. The molecule has 3 aromatic rings. The molecule has 27 heavy (non-hydrogen) atoms. The minimum atomic E-state index is -0.615. The average Bonchev–Trinajstić information content (AvgIpc) is 3.15. The lowest BCUT2D eigenvalue weighted by atomic mass is 9.90. The second-order valence-corrected chi connectivity index (χ2v) is 9.71. The van der Waals surface area contributed by atoms with Gasteiger partial charge in [0.25, 0.3) is 5.56 Å². The summed E-state index contributed by atoms with van der Waals surface area (Å²) in [6.45, 7) is 7.88. The maximum Gasteiger partial charge on any atom is 0.349 e. The summed E-state index contributed by atoms with van der Waals surface area (Å²) < 4.78 is 5.61. The molecule has 142 valence electrons. The van der Waals surface area contributed by atoms with Crippen LogP contribution in [0.4, 0.5) is 0 Å². The number of rotatable bonds is 3. The standard InChI is InChI=1S/C20H22N2O3S2/c1-9-5-6-14-13(7-9)8-15(27-14)20(24)25-11(3)17-21-18(23)16-10(2)12(4)26-19(16)22-17/h8-9,11H,5-7H2,1-4H3,(H,21,22,23)/t9-,11-/m0/s1. The first-order chi connectivity index (χ1) is 12.8. The van der Waals surface area contributed by atoms with Gasteiger partial charge in [0.1, 0.15) is 9.71 Å². The van der Waals surface area contributed by atoms with E-state index in [9.17, 15) is 9.59 Å². The van der Waals surface area contributed by atoms with E-state index < -0.39 is 6.10 Å². The van der Waals surface area contributed by atoms with Crippen molar-refractivity contribution in [3.63, 3.8) is 0 Å². The minimum absolute atomic E-state index is 0.180. The Labute approximate surface area is 165 Å². The number of esters is 1. The lowest BCUT2D eigenvalue weighted by Gasteiger charge is -2.16. The number of fused-ring (bicyclic) bond motifs is 2. The predicted molar refractivity (Wildman–Crippen MR) is 109 cm³/mol. The number of thiophene rings is 2. The zero-order valence-corrected chi connectivity index (χ0v) is 17.5. The molecule has 0 radical (unpaired) electrons. The van der Waals surface area contributed by atoms with Gasteiger partial charge in [0.2, 0.25) is 0 Å². The van der Waals surface area contributed by atoms with Crippen molar-refractivity contribution in [1.29, 1.82) is 0 Å². The van der Waals surface area contributed by atoms with Crippen molar-refractivity contribution in [1.82, 2.24) is 9.97 Å². The lowest BCUT2D eigenvalue weighted by Crippen LogP contribution is -2.17. The highest BCUT2D eigenvalue weighted by molar-refractivity contribution is 7.18. The third kappa shape index (κ3) is 3.34. The average molecular weight is 403 g/mol. The van der Waals surface area contributed by atoms with Gasteiger partial charge in [0.15, 0.2) is 11.9 Å². The summed E-state index contributed by atoms with van der Waals surface area (Å²) in [7, 11) is 0. The van der Waals surface area contributed by atoms with Crippen LogP contribution in [0, 0.1) is 19.8 Å². The molecule has 3 heterocycles. The van der Waals surface area contributed by atoms with Gasteiger partial charge in [-0.15, -0.1) is 22.7 Å². The molecule has 0 spiro atoms. The topological polar surface area (TPSA) is 72.0 Å². The van der Waals surface area contributed by atoms with Crippen molar-refractivity contribution in [2.24, 2.45) is 5.92 Å². The normalized spacial score (nSPS) is 17.7. The highest BCUT2D eigenvalue weighted by Crippen LogP contribution is 2.33. The van der Waals surface area contributed by atoms with Crippen molar-refractivity contribution in [3.8, 4) is 0 Å². The third-order valence-corrected chi connectivity index (χ3v) is 7.57. The van der Waals surface area contributed by atoms with Crippen LogP contribution >= 0.6 is 22.7 Å². The summed E-state index contributed by atoms with van der Waals surface area (Å²) >= 11 is 3.02. The molecule has 0 aliphatic heterocycles. The van der Waals surface area contributed by atoms with Gasteiger partial charge in [-0.1, -0.05) is 6.92 Å². The summed E-state index contributed by atoms with van der Waals surface area (Å²) in [4.78, 5) is 36.0. The van der Waals surface area contributed by atoms with Gasteiger partial charge in [-0.25, -0.2) is 9.78 Å². The number of carbonyl (C=O) groups excluding carboxylic acids is 1. The fourth-order valence-electron chi connectivity index (χ4n) is 3.54. The first-order valence-electron chi connectivity index (χ1n) is 9.16. The highest BCUT2D eigenvalue weighted by Gasteiger charge is 2.24. The molecule has 0 saturated heterocycles. The number of hydrogen-bond acceptors (Lipinski definition) is 6. The SMILES string of the molecule is Cc1sc2nc([C@H](C)OC(=O)c3cc4c(s3)CC[C@H](C)C4)[nH]c(=O)c2c1C. The van der Waals surface area contributed by atoms with Crippen LogP contribution in [0.25, 0.3) is 10.2 Å². The van der Waals surface area contributed by atoms with Crippen LogP contribution in [-0.2, 0) is 17.6 Å². The summed E-state index contributed by atoms with van der Waals surface area (Å²) in [5, 5.41) is 0.625. The molecule has 0 amide bonds. The molecule has 0 bridgehead atoms. The molecule has 0 aromatic carbocycles. The van der Waals surface area contributed by atoms with Crippen LogP contribution in [0.5, 0.6) is 0 Å². The largest absolute Gasteiger partial charge is 0.450 e. The molecule has 0 saturated carbocycles. The smallest absolute Gasteiger partial charge is 0.349 e. The van der Waals surface area contributed by atoms with Crippen LogP contribution in [0.3, 0.4) is 0 Å². The van der Waals surface area contributed by atoms with Crippen LogP contribution in [-0.4, -0.2) is 15.9 Å². The van der Waals surface area contributed by atoms with Crippen molar-refractivity contribution in [2.45, 2.75) is 53.1 Å². The summed E-state index contributed by atoms with van der Waals surface area (Å²) in [5.74, 6) is 0.696. The van der Waals surface area contributed by atoms with Crippen molar-refractivity contribution >= 4 is 38.9 Å². The predicted octanol–water partition coefficient (Wildman–Crippen LogP) is 4.71. The number of carbonyl (C=O) groups is 1. The Kier molecular flexibility index (Phi) is 4.68. The number of nitrogens with zero attached hydrogens (tertiary/aromatic N) is 1. The van der Waals surface area contributed by atoms with E-state index in [-0.39, 0.29) is 11.5 Å². The van der Waals surface area contributed by atoms with Crippen LogP contribution < -0.4 is 5.56 Å². The maximum absolute atomic E-state index is 12.6. The molecule has 0 fully saturated rings. The van der Waals surface area contributed by atoms with Crippen molar-refractivity contribution in [2.75, 3.05) is 0 Å². The maximum atomic E-state index is 12.6. The molecule has 3 aromatic heterocycles. The Hall–Kier alpha value is -1.99. The molecule has 1 aliphatic rings. The van der Waals surface area contributed by atoms with Crippen LogP contribution in [0.15, 0.2) is 10.9 Å². The molecule has 0 unspecified atom stereocenters. The van der Waals surface area contributed by atoms with Gasteiger partial charge in [0, 0.05) is 9.75 Å². The Morgan fingerprint density at radius 1 is 1.37 bits per heavy atom. The Morgan fingerprint density at radius 3 is 2.93 bits per heavy atom. The zero-order chi connectivity index (χ0) is 19.3. The lowest BCUT2D eigenvalue weighted by molar-refractivity contribution is 0.0326. The monoisotopic (exact) mass is 402 g/mol. The van der Waals surface area contributed by atoms with Gasteiger partial charge in [-0.05, 0) is 63.1 Å². The van der Waals surface area contributed by atoms with Crippen molar-refractivity contribution in [3.05, 3.63) is 48.0 Å². The summed E-state index contributed by atoms with van der Waals surface area (Å²) in [6, 6.07) is 1.97. The van der Waals surface area contributed by atoms with Crippen molar-refractivity contribution < 1.29 is 9.53 Å². The number of ether oxygens (including phenoxy) is 1. The molecular formula is C20H22N2O3S2. The number of aryl methyl sites for hydroxylation is 3. The number of H-pyrrole nitrogens is 1. The molecule has 1 N–H and O–H groups in total. The second kappa shape index (κ2) is 6.87. The van der Waals surface area contributed by atoms with Gasteiger partial charge in [-0.2, -0.15) is 0 Å². The van der Waals surface area contributed by atoms with E-state index in [4.69, 9.17) is 4.74 Å². The van der Waals surface area contributed by atoms with E-state index in [0.29, 0.717) is 26.8 Å². The molecule has 5 nitrogen and oxygen atoms in total. The number of hydrogen-bond donors (Lipinski definition) is 1. The van der Waals surface area contributed by atoms with Gasteiger partial charge in [-0.3, -0.25) is 4.79 Å². The number of aromatic nitrogens is 2. The van der Waals surface area contributed by atoms with Gasteiger partial charge < -0.3 is 9.72 Å². The highest BCUT2D eigenvalue weighted by atomic mass is 32.1. The summed E-state index contributed by atoms with van der Waals surface area (Å²) in [5.41, 5.74) is 2.05. The zero-order valence-electron chi connectivity index (χ0n) is 15.8. The first-order valence-corrected chi connectivity index (χ1v) is 10.8. The second-order valence-electron chi connectivity index (χ2n) is 7.37. The van der Waals surface area contributed by atoms with Crippen LogP contribution in [0.2, 0.25) is 0 Å². The van der Waals surface area contributed by atoms with E-state index in [0.717, 1.165) is 23.3 Å². The molecular weight excluding hydrogens is 380 g/mol. The van der Waals surface area contributed by atoms with Gasteiger partial charge in [0.05, 0.1) is 5.39 Å². The van der Waals surface area contributed by atoms with E-state index in [2.05, 4.69) is 16.9 Å². The minimum Gasteiger partial charge on any atom is -0.450 e. The molecule has 2 atom stereocenters. The quantitative estimate of drug-likeness (QED) is 0.644. The molecule has 7 heteroatoms. The van der Waals surface area contributed by atoms with Crippen LogP contribution in [0.1, 0.15) is 62.7 Å². The Balaban J connectivity index is 1.57. The van der Waals surface area contributed by atoms with E-state index in [1.807, 2.05) is 19.9 Å². The van der Waals surface area contributed by atoms with Gasteiger partial charge >= 0.3 is 5.97 Å². The fourth-order valence-corrected chi connectivity index (χ4v) is 5.67. The molecule has 1 aliphatic carbocycles. The number of nitrogens with one attached hydrogen (secondary N) is 1. The fraction of sp³-hybridized carbons (Fsp3) is 0.450. The third-order valence-electron chi connectivity index (χ3n) is 5.26. The Morgan fingerprint density at radius 2 is 2.15 bits per heavy atom. The van der Waals surface area contributed by atoms with E-state index in [1.165, 1.54) is 39.5 Å². The number of aromatic amines is 1.